The lowest BCUT2D eigenvalue weighted by Crippen LogP contribution is -1.91. The van der Waals surface area contributed by atoms with Gasteiger partial charge < -0.3 is 9.84 Å². The highest BCUT2D eigenvalue weighted by Gasteiger charge is 2.14. The SMILES string of the molecule is COc1ccc(-c2nc(C(C)C)c(/C=C/C(=O)O)s2)cc1. The fraction of sp³-hybridized carbons (Fsp3) is 0.250. The van der Waals surface area contributed by atoms with Crippen molar-refractivity contribution in [1.29, 1.82) is 0 Å². The number of aliphatic carboxylic acids is 1. The molecule has 5 heteroatoms. The first-order chi connectivity index (χ1) is 10.0. The molecule has 0 atom stereocenters. The fourth-order valence-electron chi connectivity index (χ4n) is 1.88. The van der Waals surface area contributed by atoms with Crippen LogP contribution in [0.5, 0.6) is 5.75 Å². The largest absolute Gasteiger partial charge is 0.497 e. The van der Waals surface area contributed by atoms with E-state index in [2.05, 4.69) is 4.98 Å². The van der Waals surface area contributed by atoms with Crippen LogP contribution in [0.4, 0.5) is 0 Å². The van der Waals surface area contributed by atoms with Gasteiger partial charge in [-0.25, -0.2) is 9.78 Å². The van der Waals surface area contributed by atoms with Crippen molar-refractivity contribution in [3.63, 3.8) is 0 Å². The van der Waals surface area contributed by atoms with Crippen LogP contribution in [0.3, 0.4) is 0 Å². The van der Waals surface area contributed by atoms with Gasteiger partial charge in [0.2, 0.25) is 0 Å². The van der Waals surface area contributed by atoms with Crippen LogP contribution in [0.15, 0.2) is 30.3 Å². The Balaban J connectivity index is 2.40. The number of carbonyl (C=O) groups is 1. The molecule has 0 saturated heterocycles. The van der Waals surface area contributed by atoms with Crippen molar-refractivity contribution in [1.82, 2.24) is 4.98 Å². The summed E-state index contributed by atoms with van der Waals surface area (Å²) in [6.07, 6.45) is 2.76. The molecule has 110 valence electrons. The summed E-state index contributed by atoms with van der Waals surface area (Å²) in [4.78, 5) is 16.2. The van der Waals surface area contributed by atoms with Gasteiger partial charge in [0.05, 0.1) is 17.7 Å². The minimum Gasteiger partial charge on any atom is -0.497 e. The molecule has 2 rings (SSSR count). The van der Waals surface area contributed by atoms with Crippen LogP contribution in [-0.2, 0) is 4.79 Å². The molecule has 0 fully saturated rings. The van der Waals surface area contributed by atoms with Gasteiger partial charge >= 0.3 is 5.97 Å². The smallest absolute Gasteiger partial charge is 0.328 e. The molecule has 0 bridgehead atoms. The molecule has 1 aromatic heterocycles. The molecule has 0 spiro atoms. The number of aromatic nitrogens is 1. The average Bonchev–Trinajstić information content (AvgIpc) is 2.89. The second-order valence-electron chi connectivity index (χ2n) is 4.82. The first kappa shape index (κ1) is 15.3. The van der Waals surface area contributed by atoms with Gasteiger partial charge in [-0.15, -0.1) is 11.3 Å². The third-order valence-corrected chi connectivity index (χ3v) is 4.03. The lowest BCUT2D eigenvalue weighted by Gasteiger charge is -2.01. The minimum atomic E-state index is -0.955. The summed E-state index contributed by atoms with van der Waals surface area (Å²) in [5.74, 6) is 0.0798. The Bertz CT molecular complexity index is 657. The Morgan fingerprint density at radius 1 is 1.33 bits per heavy atom. The highest BCUT2D eigenvalue weighted by Crippen LogP contribution is 2.33. The predicted molar refractivity (Wildman–Crippen MR) is 84.9 cm³/mol. The van der Waals surface area contributed by atoms with Gasteiger partial charge in [0, 0.05) is 11.6 Å². The van der Waals surface area contributed by atoms with E-state index in [1.165, 1.54) is 11.3 Å². The Labute approximate surface area is 127 Å². The highest BCUT2D eigenvalue weighted by atomic mass is 32.1. The molecule has 2 aromatic rings. The first-order valence-corrected chi connectivity index (χ1v) is 7.39. The van der Waals surface area contributed by atoms with Crippen molar-refractivity contribution in [3.05, 3.63) is 40.9 Å². The van der Waals surface area contributed by atoms with Crippen LogP contribution in [0.1, 0.15) is 30.3 Å². The zero-order chi connectivity index (χ0) is 15.4. The zero-order valence-corrected chi connectivity index (χ0v) is 13.0. The van der Waals surface area contributed by atoms with E-state index in [0.29, 0.717) is 0 Å². The number of ether oxygens (including phenoxy) is 1. The molecule has 21 heavy (non-hydrogen) atoms. The van der Waals surface area contributed by atoms with Gasteiger partial charge in [-0.3, -0.25) is 0 Å². The van der Waals surface area contributed by atoms with Gasteiger partial charge in [0.25, 0.3) is 0 Å². The van der Waals surface area contributed by atoms with Crippen LogP contribution < -0.4 is 4.74 Å². The molecule has 1 N–H and O–H groups in total. The van der Waals surface area contributed by atoms with E-state index in [1.807, 2.05) is 38.1 Å². The van der Waals surface area contributed by atoms with Crippen molar-refractivity contribution in [2.75, 3.05) is 7.11 Å². The summed E-state index contributed by atoms with van der Waals surface area (Å²) in [6.45, 7) is 4.09. The number of benzene rings is 1. The topological polar surface area (TPSA) is 59.4 Å². The molecule has 0 saturated carbocycles. The third-order valence-electron chi connectivity index (χ3n) is 2.94. The van der Waals surface area contributed by atoms with E-state index in [0.717, 1.165) is 33.0 Å². The number of carboxylic acid groups (broad SMARTS) is 1. The summed E-state index contributed by atoms with van der Waals surface area (Å²) in [7, 11) is 1.63. The summed E-state index contributed by atoms with van der Waals surface area (Å²) in [6, 6.07) is 7.68. The number of carboxylic acids is 1. The van der Waals surface area contributed by atoms with Crippen LogP contribution in [0.25, 0.3) is 16.6 Å². The van der Waals surface area contributed by atoms with E-state index in [-0.39, 0.29) is 5.92 Å². The molecule has 4 nitrogen and oxygen atoms in total. The lowest BCUT2D eigenvalue weighted by atomic mass is 10.1. The van der Waals surface area contributed by atoms with E-state index >= 15 is 0 Å². The molecule has 1 heterocycles. The Morgan fingerprint density at radius 3 is 2.52 bits per heavy atom. The summed E-state index contributed by atoms with van der Waals surface area (Å²) < 4.78 is 5.14. The van der Waals surface area contributed by atoms with E-state index in [9.17, 15) is 4.79 Å². The van der Waals surface area contributed by atoms with Crippen LogP contribution in [0, 0.1) is 0 Å². The molecule has 0 aliphatic carbocycles. The van der Waals surface area contributed by atoms with Crippen LogP contribution in [-0.4, -0.2) is 23.2 Å². The number of hydrogen-bond donors (Lipinski definition) is 1. The van der Waals surface area contributed by atoms with E-state index in [4.69, 9.17) is 9.84 Å². The van der Waals surface area contributed by atoms with Crippen LogP contribution in [0.2, 0.25) is 0 Å². The minimum absolute atomic E-state index is 0.238. The maximum Gasteiger partial charge on any atom is 0.328 e. The van der Waals surface area contributed by atoms with Gasteiger partial charge in [-0.2, -0.15) is 0 Å². The maximum absolute atomic E-state index is 10.7. The number of hydrogen-bond acceptors (Lipinski definition) is 4. The van der Waals surface area contributed by atoms with E-state index < -0.39 is 5.97 Å². The number of thiazole rings is 1. The first-order valence-electron chi connectivity index (χ1n) is 6.57. The molecule has 1 aromatic carbocycles. The Hall–Kier alpha value is -2.14. The quantitative estimate of drug-likeness (QED) is 0.847. The zero-order valence-electron chi connectivity index (χ0n) is 12.2. The predicted octanol–water partition coefficient (Wildman–Crippen LogP) is 4.04. The van der Waals surface area contributed by atoms with Gasteiger partial charge in [0.1, 0.15) is 10.8 Å². The average molecular weight is 303 g/mol. The van der Waals surface area contributed by atoms with E-state index in [1.54, 1.807) is 13.2 Å². The normalized spacial score (nSPS) is 11.2. The van der Waals surface area contributed by atoms with Gasteiger partial charge in [-0.1, -0.05) is 13.8 Å². The van der Waals surface area contributed by atoms with Crippen molar-refractivity contribution >= 4 is 23.4 Å². The molecule has 0 amide bonds. The Kier molecular flexibility index (Phi) is 4.75. The molecule has 0 aliphatic heterocycles. The highest BCUT2D eigenvalue weighted by molar-refractivity contribution is 7.16. The third kappa shape index (κ3) is 3.70. The maximum atomic E-state index is 10.7. The second kappa shape index (κ2) is 6.54. The number of rotatable bonds is 5. The van der Waals surface area contributed by atoms with Gasteiger partial charge in [-0.05, 0) is 36.3 Å². The Morgan fingerprint density at radius 2 is 2.00 bits per heavy atom. The van der Waals surface area contributed by atoms with Crippen molar-refractivity contribution in [3.8, 4) is 16.3 Å². The molecular weight excluding hydrogens is 286 g/mol. The summed E-state index contributed by atoms with van der Waals surface area (Å²) in [5, 5.41) is 9.65. The van der Waals surface area contributed by atoms with Crippen molar-refractivity contribution < 1.29 is 14.6 Å². The second-order valence-corrected chi connectivity index (χ2v) is 5.85. The monoisotopic (exact) mass is 303 g/mol. The van der Waals surface area contributed by atoms with Crippen molar-refractivity contribution in [2.24, 2.45) is 0 Å². The molecule has 0 unspecified atom stereocenters. The standard InChI is InChI=1S/C16H17NO3S/c1-10(2)15-13(8-9-14(18)19)21-16(17-15)11-4-6-12(20-3)7-5-11/h4-10H,1-3H3,(H,18,19)/b9-8+. The van der Waals surface area contributed by atoms with Gasteiger partial charge in [0.15, 0.2) is 0 Å². The summed E-state index contributed by atoms with van der Waals surface area (Å²) in [5.41, 5.74) is 1.92. The number of methoxy groups -OCH3 is 1. The fourth-order valence-corrected chi connectivity index (χ4v) is 3.01. The lowest BCUT2D eigenvalue weighted by molar-refractivity contribution is -0.131. The summed E-state index contributed by atoms with van der Waals surface area (Å²) >= 11 is 1.49. The molecule has 0 radical (unpaired) electrons. The number of nitrogens with zero attached hydrogens (tertiary/aromatic N) is 1. The van der Waals surface area contributed by atoms with Crippen LogP contribution >= 0.6 is 11.3 Å². The molecule has 0 aliphatic rings. The molecular formula is C16H17NO3S. The van der Waals surface area contributed by atoms with Crippen molar-refractivity contribution in [2.45, 2.75) is 19.8 Å².